The Morgan fingerprint density at radius 3 is 2.62 bits per heavy atom. The number of carbonyl (C=O) groups is 2. The van der Waals surface area contributed by atoms with Crippen LogP contribution in [0.5, 0.6) is 0 Å². The summed E-state index contributed by atoms with van der Waals surface area (Å²) in [4.78, 5) is 24.6. The fourth-order valence-corrected chi connectivity index (χ4v) is 4.21. The Hall–Kier alpha value is -0.533. The molecule has 0 aliphatic carbocycles. The summed E-state index contributed by atoms with van der Waals surface area (Å²) in [6.45, 7) is 12.6. The van der Waals surface area contributed by atoms with Gasteiger partial charge in [-0.25, -0.2) is 0 Å². The zero-order valence-electron chi connectivity index (χ0n) is 15.8. The Kier molecular flexibility index (Phi) is 8.28. The Bertz CT molecular complexity index is 437. The molecule has 0 radical (unpaired) electrons. The maximum atomic E-state index is 12.1. The zero-order valence-corrected chi connectivity index (χ0v) is 17.6. The highest BCUT2D eigenvalue weighted by Crippen LogP contribution is 2.37. The normalized spacial score (nSPS) is 19.1. The van der Waals surface area contributed by atoms with Crippen molar-refractivity contribution in [2.24, 2.45) is 0 Å². The number of carboxylic acid groups (broad SMARTS) is 1. The van der Waals surface area contributed by atoms with Gasteiger partial charge < -0.3 is 14.4 Å². The lowest BCUT2D eigenvalue weighted by atomic mass is 10.2. The summed E-state index contributed by atoms with van der Waals surface area (Å²) in [5.74, 6) is 0.458. The van der Waals surface area contributed by atoms with Gasteiger partial charge in [0.05, 0.1) is 18.4 Å². The van der Waals surface area contributed by atoms with Gasteiger partial charge in [0, 0.05) is 13.0 Å². The van der Waals surface area contributed by atoms with Crippen LogP contribution in [0.1, 0.15) is 46.5 Å². The molecule has 0 spiro atoms. The van der Waals surface area contributed by atoms with Crippen molar-refractivity contribution in [3.05, 3.63) is 0 Å². The highest BCUT2D eigenvalue weighted by molar-refractivity contribution is 7.99. The Morgan fingerprint density at radius 1 is 1.38 bits per heavy atom. The number of likely N-dealkylation sites (tertiary alicyclic amines) is 1. The van der Waals surface area contributed by atoms with E-state index in [0.717, 1.165) is 31.6 Å². The molecule has 1 amide bonds. The number of hydrogen-bond donors (Lipinski definition) is 1. The molecule has 5 nitrogen and oxygen atoms in total. The van der Waals surface area contributed by atoms with Crippen molar-refractivity contribution in [1.29, 1.82) is 0 Å². The molecule has 1 rings (SSSR count). The van der Waals surface area contributed by atoms with E-state index in [2.05, 4.69) is 33.9 Å². The van der Waals surface area contributed by atoms with Crippen molar-refractivity contribution in [2.45, 2.75) is 70.6 Å². The summed E-state index contributed by atoms with van der Waals surface area (Å²) >= 11 is 1.44. The Morgan fingerprint density at radius 2 is 2.04 bits per heavy atom. The van der Waals surface area contributed by atoms with Gasteiger partial charge in [-0.1, -0.05) is 20.8 Å². The van der Waals surface area contributed by atoms with E-state index in [-0.39, 0.29) is 22.7 Å². The van der Waals surface area contributed by atoms with Crippen molar-refractivity contribution in [3.8, 4) is 0 Å². The molecule has 24 heavy (non-hydrogen) atoms. The molecular formula is C17H33NO4SSi. The van der Waals surface area contributed by atoms with E-state index in [4.69, 9.17) is 9.53 Å². The number of nitrogens with zero attached hydrogens (tertiary/aromatic N) is 1. The molecule has 1 aliphatic heterocycles. The number of amides is 1. The van der Waals surface area contributed by atoms with E-state index < -0.39 is 14.3 Å². The molecule has 0 bridgehead atoms. The van der Waals surface area contributed by atoms with Gasteiger partial charge in [-0.15, -0.1) is 0 Å². The van der Waals surface area contributed by atoms with E-state index in [0.29, 0.717) is 13.0 Å². The van der Waals surface area contributed by atoms with Crippen molar-refractivity contribution in [3.63, 3.8) is 0 Å². The maximum absolute atomic E-state index is 12.1. The van der Waals surface area contributed by atoms with Crippen LogP contribution in [0.15, 0.2) is 0 Å². The molecule has 1 saturated heterocycles. The predicted molar refractivity (Wildman–Crippen MR) is 102 cm³/mol. The first-order chi connectivity index (χ1) is 11.0. The van der Waals surface area contributed by atoms with Crippen LogP contribution in [0.4, 0.5) is 0 Å². The van der Waals surface area contributed by atoms with Gasteiger partial charge in [-0.3, -0.25) is 9.59 Å². The second-order valence-corrected chi connectivity index (χ2v) is 13.9. The standard InChI is InChI=1S/C17H33NO4SSi/c1-17(2,3)24(4,5)22-12-14-8-9-15(19)18(14)10-6-7-11-23-13-16(20)21/h14H,6-13H2,1-5H3,(H,20,21)/t14-/m1/s1. The molecule has 140 valence electrons. The van der Waals surface area contributed by atoms with Crippen molar-refractivity contribution in [1.82, 2.24) is 4.90 Å². The monoisotopic (exact) mass is 375 g/mol. The van der Waals surface area contributed by atoms with Crippen LogP contribution < -0.4 is 0 Å². The molecule has 0 aromatic carbocycles. The molecule has 1 heterocycles. The van der Waals surface area contributed by atoms with E-state index in [1.165, 1.54) is 11.8 Å². The van der Waals surface area contributed by atoms with Gasteiger partial charge in [-0.2, -0.15) is 11.8 Å². The number of carbonyl (C=O) groups excluding carboxylic acids is 1. The second-order valence-electron chi connectivity index (χ2n) is 8.00. The van der Waals surface area contributed by atoms with Crippen LogP contribution in [-0.2, 0) is 14.0 Å². The first-order valence-electron chi connectivity index (χ1n) is 8.77. The minimum atomic E-state index is -1.78. The van der Waals surface area contributed by atoms with Crippen molar-refractivity contribution >= 4 is 32.0 Å². The Labute approximate surface area is 151 Å². The van der Waals surface area contributed by atoms with E-state index in [1.54, 1.807) is 0 Å². The first kappa shape index (κ1) is 21.5. The second kappa shape index (κ2) is 9.24. The number of carboxylic acids is 1. The lowest BCUT2D eigenvalue weighted by Crippen LogP contribution is -2.45. The minimum Gasteiger partial charge on any atom is -0.481 e. The van der Waals surface area contributed by atoms with Crippen molar-refractivity contribution in [2.75, 3.05) is 24.7 Å². The molecule has 1 atom stereocenters. The largest absolute Gasteiger partial charge is 0.481 e. The van der Waals surface area contributed by atoms with E-state index in [9.17, 15) is 9.59 Å². The molecule has 0 unspecified atom stereocenters. The summed E-state index contributed by atoms with van der Waals surface area (Å²) in [5, 5.41) is 8.79. The maximum Gasteiger partial charge on any atom is 0.313 e. The molecule has 0 aromatic heterocycles. The van der Waals surface area contributed by atoms with Crippen LogP contribution in [-0.4, -0.2) is 60.9 Å². The van der Waals surface area contributed by atoms with Crippen LogP contribution in [0, 0.1) is 0 Å². The fourth-order valence-electron chi connectivity index (χ4n) is 2.44. The molecular weight excluding hydrogens is 342 g/mol. The summed E-state index contributed by atoms with van der Waals surface area (Å²) in [5.41, 5.74) is 0. The van der Waals surface area contributed by atoms with E-state index >= 15 is 0 Å². The highest BCUT2D eigenvalue weighted by atomic mass is 32.2. The zero-order chi connectivity index (χ0) is 18.4. The molecule has 7 heteroatoms. The molecule has 0 saturated carbocycles. The minimum absolute atomic E-state index is 0.158. The average Bonchev–Trinajstić information content (AvgIpc) is 2.80. The van der Waals surface area contributed by atoms with Crippen molar-refractivity contribution < 1.29 is 19.1 Å². The van der Waals surface area contributed by atoms with Crippen LogP contribution in [0.25, 0.3) is 0 Å². The molecule has 1 aliphatic rings. The average molecular weight is 376 g/mol. The van der Waals surface area contributed by atoms with Gasteiger partial charge in [0.1, 0.15) is 0 Å². The quantitative estimate of drug-likeness (QED) is 0.467. The Balaban J connectivity index is 2.37. The van der Waals surface area contributed by atoms with Crippen LogP contribution in [0.3, 0.4) is 0 Å². The lowest BCUT2D eigenvalue weighted by molar-refractivity contribution is -0.134. The van der Waals surface area contributed by atoms with Gasteiger partial charge in [0.2, 0.25) is 5.91 Å². The summed E-state index contributed by atoms with van der Waals surface area (Å²) in [6, 6.07) is 0.207. The molecule has 1 fully saturated rings. The van der Waals surface area contributed by atoms with Crippen LogP contribution >= 0.6 is 11.8 Å². The summed E-state index contributed by atoms with van der Waals surface area (Å²) in [6.07, 6.45) is 3.38. The smallest absolute Gasteiger partial charge is 0.313 e. The number of aliphatic carboxylic acids is 1. The molecule has 1 N–H and O–H groups in total. The molecule has 0 aromatic rings. The van der Waals surface area contributed by atoms with Gasteiger partial charge in [0.25, 0.3) is 0 Å². The van der Waals surface area contributed by atoms with Gasteiger partial charge >= 0.3 is 5.97 Å². The van der Waals surface area contributed by atoms with Gasteiger partial charge in [0.15, 0.2) is 8.32 Å². The highest BCUT2D eigenvalue weighted by Gasteiger charge is 2.39. The number of hydrogen-bond acceptors (Lipinski definition) is 4. The predicted octanol–water partition coefficient (Wildman–Crippen LogP) is 3.60. The topological polar surface area (TPSA) is 66.8 Å². The van der Waals surface area contributed by atoms with Gasteiger partial charge in [-0.05, 0) is 43.1 Å². The SMILES string of the molecule is CC(C)(C)[Si](C)(C)OC[C@H]1CCC(=O)N1CCCCSCC(=O)O. The van der Waals surface area contributed by atoms with Crippen LogP contribution in [0.2, 0.25) is 18.1 Å². The number of rotatable bonds is 10. The van der Waals surface area contributed by atoms with E-state index in [1.807, 2.05) is 4.90 Å². The lowest BCUT2D eigenvalue weighted by Gasteiger charge is -2.38. The summed E-state index contributed by atoms with van der Waals surface area (Å²) < 4.78 is 6.30. The number of thioether (sulfide) groups is 1. The first-order valence-corrected chi connectivity index (χ1v) is 12.8. The number of unbranched alkanes of at least 4 members (excludes halogenated alkanes) is 1. The third kappa shape index (κ3) is 6.76. The third-order valence-electron chi connectivity index (χ3n) is 5.06. The summed E-state index contributed by atoms with van der Waals surface area (Å²) in [7, 11) is -1.78. The third-order valence-corrected chi connectivity index (χ3v) is 10.6. The fraction of sp³-hybridized carbons (Fsp3) is 0.882.